The van der Waals surface area contributed by atoms with Crippen molar-refractivity contribution >= 4 is 17.1 Å². The minimum atomic E-state index is -0.834. The number of Topliss-reactive ketones (excluding diaryl/α,β-unsaturated/α-hetero) is 1. The highest BCUT2D eigenvalue weighted by Crippen LogP contribution is 2.17. The zero-order valence-corrected chi connectivity index (χ0v) is 10.9. The predicted molar refractivity (Wildman–Crippen MR) is 65.6 cm³/mol. The highest BCUT2D eigenvalue weighted by Gasteiger charge is 2.23. The number of hydrogen-bond acceptors (Lipinski definition) is 4. The molecule has 1 aromatic heterocycles. The number of thiazole rings is 1. The summed E-state index contributed by atoms with van der Waals surface area (Å²) in [5.41, 5.74) is 0.935. The first-order valence-corrected chi connectivity index (χ1v) is 6.58. The molecule has 0 saturated heterocycles. The van der Waals surface area contributed by atoms with Crippen LogP contribution in [0.2, 0.25) is 0 Å². The summed E-state index contributed by atoms with van der Waals surface area (Å²) in [7, 11) is 0. The van der Waals surface area contributed by atoms with Crippen molar-refractivity contribution in [3.63, 3.8) is 0 Å². The second-order valence-corrected chi connectivity index (χ2v) is 4.99. The summed E-state index contributed by atoms with van der Waals surface area (Å²) in [5.74, 6) is -0.0309. The van der Waals surface area contributed by atoms with Crippen molar-refractivity contribution in [1.82, 2.24) is 4.98 Å². The van der Waals surface area contributed by atoms with Gasteiger partial charge < -0.3 is 5.11 Å². The predicted octanol–water partition coefficient (Wildman–Crippen LogP) is 2.36. The van der Waals surface area contributed by atoms with Gasteiger partial charge >= 0.3 is 0 Å². The topological polar surface area (TPSA) is 50.2 Å². The molecular formula is C12H19NO2S. The molecule has 1 heterocycles. The van der Waals surface area contributed by atoms with E-state index in [1.807, 2.05) is 26.2 Å². The van der Waals surface area contributed by atoms with E-state index in [-0.39, 0.29) is 18.1 Å². The summed E-state index contributed by atoms with van der Waals surface area (Å²) in [6.07, 6.45) is 1.09. The Bertz CT molecular complexity index is 345. The van der Waals surface area contributed by atoms with Gasteiger partial charge in [0.1, 0.15) is 11.1 Å². The van der Waals surface area contributed by atoms with Crippen LogP contribution in [0.15, 0.2) is 5.38 Å². The minimum Gasteiger partial charge on any atom is -0.385 e. The lowest BCUT2D eigenvalue weighted by atomic mass is 9.93. The number of carbonyl (C=O) groups excluding carboxylic acids is 1. The molecule has 16 heavy (non-hydrogen) atoms. The number of rotatable bonds is 6. The van der Waals surface area contributed by atoms with Crippen LogP contribution in [0.3, 0.4) is 0 Å². The van der Waals surface area contributed by atoms with E-state index in [0.717, 1.165) is 23.5 Å². The first kappa shape index (κ1) is 13.3. The van der Waals surface area contributed by atoms with Crippen LogP contribution in [0, 0.1) is 12.8 Å². The normalized spacial score (nSPS) is 13.1. The number of aryl methyl sites for hydroxylation is 1. The molecule has 0 spiro atoms. The molecule has 3 nitrogen and oxygen atoms in total. The quantitative estimate of drug-likeness (QED) is 0.831. The zero-order chi connectivity index (χ0) is 12.1. The molecule has 1 N–H and O–H groups in total. The number of aliphatic hydroxyl groups excluding tert-OH is 1. The number of carbonyl (C=O) groups is 1. The van der Waals surface area contributed by atoms with Crippen LogP contribution in [0.5, 0.6) is 0 Å². The molecule has 0 fully saturated rings. The van der Waals surface area contributed by atoms with Crippen molar-refractivity contribution in [3.8, 4) is 0 Å². The first-order valence-electron chi connectivity index (χ1n) is 5.70. The van der Waals surface area contributed by atoms with Crippen LogP contribution in [0.25, 0.3) is 0 Å². The van der Waals surface area contributed by atoms with Crippen molar-refractivity contribution in [3.05, 3.63) is 16.1 Å². The summed E-state index contributed by atoms with van der Waals surface area (Å²) in [6.45, 7) is 5.90. The molecule has 0 bridgehead atoms. The molecule has 0 amide bonds. The fourth-order valence-corrected chi connectivity index (χ4v) is 2.52. The van der Waals surface area contributed by atoms with Gasteiger partial charge in [-0.25, -0.2) is 4.98 Å². The Morgan fingerprint density at radius 1 is 1.50 bits per heavy atom. The van der Waals surface area contributed by atoms with Crippen LogP contribution < -0.4 is 0 Å². The molecule has 0 aliphatic heterocycles. The van der Waals surface area contributed by atoms with E-state index < -0.39 is 6.10 Å². The standard InChI is InChI=1S/C12H19NO2S/c1-4-9(5-2)12(15)10(14)6-11-13-8(3)7-16-11/h7,9,12,15H,4-6H2,1-3H3. The van der Waals surface area contributed by atoms with Gasteiger partial charge in [0, 0.05) is 11.1 Å². The number of ketones is 1. The Labute approximate surface area is 101 Å². The second kappa shape index (κ2) is 6.11. The van der Waals surface area contributed by atoms with E-state index in [9.17, 15) is 9.90 Å². The van der Waals surface area contributed by atoms with Crippen molar-refractivity contribution in [2.75, 3.05) is 0 Å². The van der Waals surface area contributed by atoms with Crippen LogP contribution in [0.4, 0.5) is 0 Å². The molecule has 1 atom stereocenters. The molecule has 0 aliphatic carbocycles. The van der Waals surface area contributed by atoms with Gasteiger partial charge in [0.05, 0.1) is 6.42 Å². The van der Waals surface area contributed by atoms with Gasteiger partial charge in [-0.05, 0) is 12.8 Å². The second-order valence-electron chi connectivity index (χ2n) is 4.05. The van der Waals surface area contributed by atoms with Gasteiger partial charge in [0.25, 0.3) is 0 Å². The third-order valence-corrected chi connectivity index (χ3v) is 3.78. The third-order valence-electron chi connectivity index (χ3n) is 2.82. The van der Waals surface area contributed by atoms with Crippen molar-refractivity contribution < 1.29 is 9.90 Å². The Morgan fingerprint density at radius 2 is 2.12 bits per heavy atom. The number of aromatic nitrogens is 1. The maximum atomic E-state index is 11.8. The van der Waals surface area contributed by atoms with Crippen LogP contribution in [0.1, 0.15) is 37.4 Å². The Hall–Kier alpha value is -0.740. The zero-order valence-electron chi connectivity index (χ0n) is 10.1. The van der Waals surface area contributed by atoms with Gasteiger partial charge in [0.15, 0.2) is 5.78 Å². The van der Waals surface area contributed by atoms with Crippen molar-refractivity contribution in [1.29, 1.82) is 0 Å². The fraction of sp³-hybridized carbons (Fsp3) is 0.667. The summed E-state index contributed by atoms with van der Waals surface area (Å²) in [5, 5.41) is 12.6. The number of hydrogen-bond donors (Lipinski definition) is 1. The van der Waals surface area contributed by atoms with Gasteiger partial charge in [-0.15, -0.1) is 11.3 Å². The average Bonchev–Trinajstić information content (AvgIpc) is 2.65. The summed E-state index contributed by atoms with van der Waals surface area (Å²) in [4.78, 5) is 16.0. The molecule has 0 saturated carbocycles. The van der Waals surface area contributed by atoms with Gasteiger partial charge in [0.2, 0.25) is 0 Å². The molecular weight excluding hydrogens is 222 g/mol. The summed E-state index contributed by atoms with van der Waals surface area (Å²) in [6, 6.07) is 0. The van der Waals surface area contributed by atoms with E-state index in [4.69, 9.17) is 0 Å². The van der Waals surface area contributed by atoms with Crippen molar-refractivity contribution in [2.24, 2.45) is 5.92 Å². The Morgan fingerprint density at radius 3 is 2.56 bits per heavy atom. The highest BCUT2D eigenvalue weighted by atomic mass is 32.1. The van der Waals surface area contributed by atoms with E-state index in [0.29, 0.717) is 0 Å². The summed E-state index contributed by atoms with van der Waals surface area (Å²) >= 11 is 1.48. The van der Waals surface area contributed by atoms with E-state index in [1.165, 1.54) is 11.3 Å². The molecule has 0 radical (unpaired) electrons. The van der Waals surface area contributed by atoms with E-state index >= 15 is 0 Å². The number of aliphatic hydroxyl groups is 1. The molecule has 1 rings (SSSR count). The molecule has 0 aromatic carbocycles. The van der Waals surface area contributed by atoms with Gasteiger partial charge in [-0.1, -0.05) is 26.7 Å². The first-order chi connectivity index (χ1) is 7.58. The molecule has 0 aliphatic rings. The lowest BCUT2D eigenvalue weighted by Crippen LogP contribution is -2.30. The van der Waals surface area contributed by atoms with Gasteiger partial charge in [-0.3, -0.25) is 4.79 Å². The smallest absolute Gasteiger partial charge is 0.168 e. The average molecular weight is 241 g/mol. The molecule has 1 unspecified atom stereocenters. The Kier molecular flexibility index (Phi) is 5.09. The Balaban J connectivity index is 2.58. The maximum absolute atomic E-state index is 11.8. The molecule has 90 valence electrons. The SMILES string of the molecule is CCC(CC)C(O)C(=O)Cc1nc(C)cs1. The van der Waals surface area contributed by atoms with Gasteiger partial charge in [-0.2, -0.15) is 0 Å². The maximum Gasteiger partial charge on any atom is 0.168 e. The summed E-state index contributed by atoms with van der Waals surface area (Å²) < 4.78 is 0. The van der Waals surface area contributed by atoms with Crippen LogP contribution >= 0.6 is 11.3 Å². The monoisotopic (exact) mass is 241 g/mol. The van der Waals surface area contributed by atoms with E-state index in [1.54, 1.807) is 0 Å². The van der Waals surface area contributed by atoms with Crippen molar-refractivity contribution in [2.45, 2.75) is 46.1 Å². The molecule has 4 heteroatoms. The third kappa shape index (κ3) is 3.39. The van der Waals surface area contributed by atoms with Crippen LogP contribution in [-0.4, -0.2) is 22.0 Å². The minimum absolute atomic E-state index is 0.0774. The molecule has 1 aromatic rings. The highest BCUT2D eigenvalue weighted by molar-refractivity contribution is 7.09. The lowest BCUT2D eigenvalue weighted by Gasteiger charge is -2.18. The van der Waals surface area contributed by atoms with E-state index in [2.05, 4.69) is 4.98 Å². The fourth-order valence-electron chi connectivity index (χ4n) is 1.74. The lowest BCUT2D eigenvalue weighted by molar-refractivity contribution is -0.129. The largest absolute Gasteiger partial charge is 0.385 e. The van der Waals surface area contributed by atoms with Crippen LogP contribution in [-0.2, 0) is 11.2 Å². The number of nitrogens with zero attached hydrogens (tertiary/aromatic N) is 1.